The number of aromatic nitrogens is 1. The number of nitrogens with one attached hydrogen (secondary N) is 1. The molecule has 1 aromatic rings. The molecular formula is C19H27N5O5. The van der Waals surface area contributed by atoms with Gasteiger partial charge in [0.2, 0.25) is 0 Å². The third-order valence-corrected chi connectivity index (χ3v) is 3.83. The van der Waals surface area contributed by atoms with Crippen molar-refractivity contribution in [2.75, 3.05) is 40.0 Å². The molecule has 1 aliphatic rings. The average molecular weight is 405 g/mol. The normalized spacial score (nSPS) is 12.9. The smallest absolute Gasteiger partial charge is 0.407 e. The van der Waals surface area contributed by atoms with Crippen LogP contribution in [0.4, 0.5) is 10.5 Å². The number of amidine groups is 1. The van der Waals surface area contributed by atoms with Crippen molar-refractivity contribution in [3.63, 3.8) is 0 Å². The Labute approximate surface area is 169 Å². The van der Waals surface area contributed by atoms with Gasteiger partial charge in [0.15, 0.2) is 0 Å². The van der Waals surface area contributed by atoms with Crippen LogP contribution in [-0.4, -0.2) is 67.9 Å². The van der Waals surface area contributed by atoms with E-state index in [4.69, 9.17) is 20.0 Å². The summed E-state index contributed by atoms with van der Waals surface area (Å²) < 4.78 is 9.68. The fraction of sp³-hybridized carbons (Fsp3) is 0.474. The Bertz CT molecular complexity index is 765. The van der Waals surface area contributed by atoms with Crippen molar-refractivity contribution in [1.82, 2.24) is 15.4 Å². The van der Waals surface area contributed by atoms with Crippen LogP contribution in [0.2, 0.25) is 0 Å². The Morgan fingerprint density at radius 1 is 1.31 bits per heavy atom. The Balaban J connectivity index is 1.94. The molecule has 2 amide bonds. The molecule has 0 radical (unpaired) electrons. The highest BCUT2D eigenvalue weighted by Crippen LogP contribution is 2.25. The van der Waals surface area contributed by atoms with E-state index >= 15 is 0 Å². The van der Waals surface area contributed by atoms with E-state index in [0.717, 1.165) is 0 Å². The molecular weight excluding hydrogens is 378 g/mol. The van der Waals surface area contributed by atoms with Gasteiger partial charge in [-0.25, -0.2) is 14.9 Å². The van der Waals surface area contributed by atoms with Gasteiger partial charge in [0, 0.05) is 38.4 Å². The van der Waals surface area contributed by atoms with Crippen molar-refractivity contribution < 1.29 is 23.9 Å². The molecule has 10 heteroatoms. The van der Waals surface area contributed by atoms with Gasteiger partial charge in [-0.1, -0.05) is 6.92 Å². The van der Waals surface area contributed by atoms with E-state index in [1.54, 1.807) is 24.4 Å². The summed E-state index contributed by atoms with van der Waals surface area (Å²) in [5, 5.41) is 3.81. The number of aliphatic imine (C=N–C) groups is 1. The standard InChI is InChI=1S/C19H27N5O5/c1-3-8-24(29-9-7-22-19(26)28-11-10-27-2)18(25)14-12-16-15(5-4-6-21-16)23-17(20)13-14/h4-6,12H,3,7-11,13H2,1-2H3,(H2,20,23)(H,22,26). The van der Waals surface area contributed by atoms with Gasteiger partial charge in [-0.2, -0.15) is 0 Å². The Morgan fingerprint density at radius 3 is 2.90 bits per heavy atom. The van der Waals surface area contributed by atoms with Gasteiger partial charge < -0.3 is 20.5 Å². The van der Waals surface area contributed by atoms with E-state index < -0.39 is 6.09 Å². The predicted octanol–water partition coefficient (Wildman–Crippen LogP) is 1.40. The summed E-state index contributed by atoms with van der Waals surface area (Å²) in [5.74, 6) is 0.0134. The molecule has 2 rings (SSSR count). The summed E-state index contributed by atoms with van der Waals surface area (Å²) in [6, 6.07) is 3.55. The van der Waals surface area contributed by atoms with Crippen LogP contribution in [0.3, 0.4) is 0 Å². The van der Waals surface area contributed by atoms with Crippen molar-refractivity contribution in [3.8, 4) is 0 Å². The third kappa shape index (κ3) is 7.16. The number of carbonyl (C=O) groups is 2. The third-order valence-electron chi connectivity index (χ3n) is 3.83. The lowest BCUT2D eigenvalue weighted by atomic mass is 10.1. The van der Waals surface area contributed by atoms with Gasteiger partial charge in [-0.05, 0) is 24.6 Å². The van der Waals surface area contributed by atoms with E-state index in [2.05, 4.69) is 15.3 Å². The SMILES string of the molecule is CCCN(OCCNC(=O)OCCOC)C(=O)C1=Cc2ncccc2N=C(N)C1. The largest absolute Gasteiger partial charge is 0.447 e. The van der Waals surface area contributed by atoms with E-state index in [0.29, 0.717) is 42.4 Å². The summed E-state index contributed by atoms with van der Waals surface area (Å²) in [4.78, 5) is 38.6. The summed E-state index contributed by atoms with van der Waals surface area (Å²) >= 11 is 0. The maximum Gasteiger partial charge on any atom is 0.407 e. The van der Waals surface area contributed by atoms with Crippen LogP contribution in [0.5, 0.6) is 0 Å². The van der Waals surface area contributed by atoms with Gasteiger partial charge in [-0.3, -0.25) is 14.6 Å². The van der Waals surface area contributed by atoms with Gasteiger partial charge in [0.05, 0.1) is 24.6 Å². The molecule has 2 heterocycles. The first-order chi connectivity index (χ1) is 14.0. The van der Waals surface area contributed by atoms with Gasteiger partial charge in [-0.15, -0.1) is 0 Å². The number of amides is 2. The first-order valence-corrected chi connectivity index (χ1v) is 9.38. The van der Waals surface area contributed by atoms with Crippen LogP contribution in [0, 0.1) is 0 Å². The molecule has 0 bridgehead atoms. The minimum atomic E-state index is -0.572. The van der Waals surface area contributed by atoms with Crippen LogP contribution in [-0.2, 0) is 19.1 Å². The highest BCUT2D eigenvalue weighted by Gasteiger charge is 2.22. The van der Waals surface area contributed by atoms with E-state index in [9.17, 15) is 9.59 Å². The maximum atomic E-state index is 13.0. The number of nitrogens with zero attached hydrogens (tertiary/aromatic N) is 3. The molecule has 0 atom stereocenters. The number of carbonyl (C=O) groups excluding carboxylic acids is 2. The molecule has 0 aromatic carbocycles. The average Bonchev–Trinajstić information content (AvgIpc) is 2.88. The summed E-state index contributed by atoms with van der Waals surface area (Å²) in [5.41, 5.74) is 7.59. The summed E-state index contributed by atoms with van der Waals surface area (Å²) in [6.07, 6.45) is 3.63. The topological polar surface area (TPSA) is 128 Å². The van der Waals surface area contributed by atoms with Crippen molar-refractivity contribution in [2.45, 2.75) is 19.8 Å². The second kappa shape index (κ2) is 11.8. The molecule has 29 heavy (non-hydrogen) atoms. The number of hydroxylamine groups is 2. The molecule has 0 spiro atoms. The summed E-state index contributed by atoms with van der Waals surface area (Å²) in [7, 11) is 1.52. The number of rotatable bonds is 10. The fourth-order valence-corrected chi connectivity index (χ4v) is 2.52. The lowest BCUT2D eigenvalue weighted by Crippen LogP contribution is -2.37. The van der Waals surface area contributed by atoms with Crippen LogP contribution >= 0.6 is 0 Å². The van der Waals surface area contributed by atoms with Crippen molar-refractivity contribution >= 4 is 29.6 Å². The number of alkyl carbamates (subject to hydrolysis) is 1. The van der Waals surface area contributed by atoms with E-state index in [-0.39, 0.29) is 32.1 Å². The van der Waals surface area contributed by atoms with Crippen LogP contribution in [0.25, 0.3) is 6.08 Å². The van der Waals surface area contributed by atoms with Crippen molar-refractivity contribution in [3.05, 3.63) is 29.6 Å². The molecule has 0 aliphatic carbocycles. The predicted molar refractivity (Wildman–Crippen MR) is 107 cm³/mol. The second-order valence-electron chi connectivity index (χ2n) is 6.15. The zero-order chi connectivity index (χ0) is 21.1. The number of pyridine rings is 1. The van der Waals surface area contributed by atoms with E-state index in [1.165, 1.54) is 12.2 Å². The molecule has 158 valence electrons. The quantitative estimate of drug-likeness (QED) is 0.445. The van der Waals surface area contributed by atoms with E-state index in [1.807, 2.05) is 6.92 Å². The Morgan fingerprint density at radius 2 is 2.14 bits per heavy atom. The maximum absolute atomic E-state index is 13.0. The second-order valence-corrected chi connectivity index (χ2v) is 6.15. The highest BCUT2D eigenvalue weighted by molar-refractivity contribution is 6.04. The van der Waals surface area contributed by atoms with Crippen molar-refractivity contribution in [2.24, 2.45) is 10.7 Å². The van der Waals surface area contributed by atoms with Crippen LogP contribution in [0.15, 0.2) is 28.9 Å². The molecule has 1 aromatic heterocycles. The van der Waals surface area contributed by atoms with Crippen LogP contribution < -0.4 is 11.1 Å². The van der Waals surface area contributed by atoms with Gasteiger partial charge in [0.1, 0.15) is 12.4 Å². The van der Waals surface area contributed by atoms with Crippen molar-refractivity contribution in [1.29, 1.82) is 0 Å². The lowest BCUT2D eigenvalue weighted by molar-refractivity contribution is -0.181. The fourth-order valence-electron chi connectivity index (χ4n) is 2.52. The monoisotopic (exact) mass is 405 g/mol. The Kier molecular flexibility index (Phi) is 9.06. The highest BCUT2D eigenvalue weighted by atomic mass is 16.7. The number of hydrogen-bond acceptors (Lipinski definition) is 8. The Hall–Kier alpha value is -2.98. The number of hydrogen-bond donors (Lipinski definition) is 2. The van der Waals surface area contributed by atoms with Crippen LogP contribution in [0.1, 0.15) is 25.5 Å². The zero-order valence-corrected chi connectivity index (χ0v) is 16.7. The first kappa shape index (κ1) is 22.3. The number of fused-ring (bicyclic) bond motifs is 1. The minimum Gasteiger partial charge on any atom is -0.447 e. The first-order valence-electron chi connectivity index (χ1n) is 9.38. The van der Waals surface area contributed by atoms with Gasteiger partial charge in [0.25, 0.3) is 5.91 Å². The molecule has 0 fully saturated rings. The zero-order valence-electron chi connectivity index (χ0n) is 16.7. The molecule has 0 unspecified atom stereocenters. The summed E-state index contributed by atoms with van der Waals surface area (Å²) in [6.45, 7) is 3.10. The molecule has 0 saturated heterocycles. The number of nitrogens with two attached hydrogens (primary N) is 1. The number of methoxy groups -OCH3 is 1. The minimum absolute atomic E-state index is 0.108. The molecule has 3 N–H and O–H groups in total. The molecule has 0 saturated carbocycles. The van der Waals surface area contributed by atoms with Gasteiger partial charge >= 0.3 is 6.09 Å². The molecule has 10 nitrogen and oxygen atoms in total. The molecule has 1 aliphatic heterocycles. The lowest BCUT2D eigenvalue weighted by Gasteiger charge is -2.22. The number of ether oxygens (including phenoxy) is 2.